The molecule has 1 aliphatic heterocycles. The van der Waals surface area contributed by atoms with Crippen molar-refractivity contribution in [1.82, 2.24) is 21.3 Å². The molecule has 0 bridgehead atoms. The zero-order chi connectivity index (χ0) is 25.2. The Balaban J connectivity index is 1.59. The van der Waals surface area contributed by atoms with E-state index < -0.39 is 36.4 Å². The molecule has 186 valence electrons. The van der Waals surface area contributed by atoms with Gasteiger partial charge in [0, 0.05) is 12.8 Å². The van der Waals surface area contributed by atoms with Gasteiger partial charge >= 0.3 is 5.97 Å². The molecule has 0 aromatic heterocycles. The first-order valence-corrected chi connectivity index (χ1v) is 11.5. The summed E-state index contributed by atoms with van der Waals surface area (Å²) in [5, 5.41) is 29.7. The molecule has 10 heteroatoms. The lowest BCUT2D eigenvalue weighted by atomic mass is 10.0. The third-order valence-electron chi connectivity index (χ3n) is 5.73. The number of hydrogen-bond acceptors (Lipinski definition) is 6. The van der Waals surface area contributed by atoms with Crippen molar-refractivity contribution < 1.29 is 29.4 Å². The Morgan fingerprint density at radius 1 is 0.914 bits per heavy atom. The number of nitrogens with one attached hydrogen (secondary N) is 4. The van der Waals surface area contributed by atoms with Gasteiger partial charge in [-0.3, -0.25) is 14.4 Å². The summed E-state index contributed by atoms with van der Waals surface area (Å²) in [6.07, 6.45) is 1.78. The standard InChI is InChI=1S/C25H30N4O6/c30-18-10-8-17(9-11-18)13-20(29-24(33)19-7-4-12-26-19)23(32)27-15-22(31)28-21(25(34)35)14-16-5-2-1-3-6-16/h1-3,5-6,8-11,19-21,26,30H,4,7,12-15H2,(H,27,32)(H,28,31)(H,29,33)(H,34,35). The van der Waals surface area contributed by atoms with Crippen molar-refractivity contribution in [3.63, 3.8) is 0 Å². The molecule has 2 aromatic rings. The fraction of sp³-hybridized carbons (Fsp3) is 0.360. The number of phenols is 1. The van der Waals surface area contributed by atoms with Gasteiger partial charge < -0.3 is 31.5 Å². The lowest BCUT2D eigenvalue weighted by molar-refractivity contribution is -0.141. The zero-order valence-corrected chi connectivity index (χ0v) is 19.2. The third kappa shape index (κ3) is 8.11. The molecule has 35 heavy (non-hydrogen) atoms. The second kappa shape index (κ2) is 12.5. The lowest BCUT2D eigenvalue weighted by Gasteiger charge is -2.21. The Bertz CT molecular complexity index is 1020. The number of carboxylic acids is 1. The molecule has 3 atom stereocenters. The number of carbonyl (C=O) groups excluding carboxylic acids is 3. The number of amides is 3. The van der Waals surface area contributed by atoms with Crippen LogP contribution >= 0.6 is 0 Å². The predicted octanol–water partition coefficient (Wildman–Crippen LogP) is 0.0998. The topological polar surface area (TPSA) is 157 Å². The van der Waals surface area contributed by atoms with Gasteiger partial charge in [-0.2, -0.15) is 0 Å². The quantitative estimate of drug-likeness (QED) is 0.265. The summed E-state index contributed by atoms with van der Waals surface area (Å²) in [7, 11) is 0. The molecule has 1 fully saturated rings. The minimum atomic E-state index is -1.19. The van der Waals surface area contributed by atoms with Crippen molar-refractivity contribution in [3.05, 3.63) is 65.7 Å². The summed E-state index contributed by atoms with van der Waals surface area (Å²) in [6, 6.07) is 12.6. The van der Waals surface area contributed by atoms with E-state index in [1.54, 1.807) is 36.4 Å². The minimum absolute atomic E-state index is 0.0779. The zero-order valence-electron chi connectivity index (χ0n) is 19.2. The van der Waals surface area contributed by atoms with Crippen molar-refractivity contribution in [1.29, 1.82) is 0 Å². The van der Waals surface area contributed by atoms with Gasteiger partial charge in [0.1, 0.15) is 17.8 Å². The van der Waals surface area contributed by atoms with Crippen molar-refractivity contribution in [2.45, 2.75) is 43.8 Å². The number of carbonyl (C=O) groups is 4. The molecule has 3 rings (SSSR count). The number of benzene rings is 2. The molecular formula is C25H30N4O6. The van der Waals surface area contributed by atoms with Gasteiger partial charge in [0.05, 0.1) is 12.6 Å². The van der Waals surface area contributed by atoms with E-state index in [9.17, 15) is 29.4 Å². The van der Waals surface area contributed by atoms with Crippen LogP contribution in [0, 0.1) is 0 Å². The van der Waals surface area contributed by atoms with Crippen molar-refractivity contribution in [3.8, 4) is 5.75 Å². The van der Waals surface area contributed by atoms with E-state index in [1.165, 1.54) is 12.1 Å². The SMILES string of the molecule is O=C(CNC(=O)C(Cc1ccc(O)cc1)NC(=O)C1CCCN1)NC(Cc1ccccc1)C(=O)O. The van der Waals surface area contributed by atoms with Crippen LogP contribution in [-0.4, -0.2) is 65.1 Å². The molecule has 1 aliphatic rings. The molecule has 0 saturated carbocycles. The maximum atomic E-state index is 12.9. The summed E-state index contributed by atoms with van der Waals surface area (Å²) < 4.78 is 0. The summed E-state index contributed by atoms with van der Waals surface area (Å²) in [5.41, 5.74) is 1.46. The molecule has 0 aliphatic carbocycles. The average molecular weight is 483 g/mol. The summed E-state index contributed by atoms with van der Waals surface area (Å²) in [5.74, 6) is -2.65. The fourth-order valence-corrected chi connectivity index (χ4v) is 3.84. The van der Waals surface area contributed by atoms with Crippen LogP contribution in [0.5, 0.6) is 5.75 Å². The largest absolute Gasteiger partial charge is 0.508 e. The summed E-state index contributed by atoms with van der Waals surface area (Å²) in [6.45, 7) is 0.280. The average Bonchev–Trinajstić information content (AvgIpc) is 3.39. The highest BCUT2D eigenvalue weighted by Crippen LogP contribution is 2.12. The number of carboxylic acid groups (broad SMARTS) is 1. The number of phenolic OH excluding ortho intramolecular Hbond substituents is 1. The molecule has 1 heterocycles. The van der Waals surface area contributed by atoms with E-state index in [0.717, 1.165) is 18.5 Å². The molecule has 3 amide bonds. The van der Waals surface area contributed by atoms with Crippen LogP contribution in [0.15, 0.2) is 54.6 Å². The van der Waals surface area contributed by atoms with Gasteiger partial charge in [-0.05, 0) is 42.6 Å². The fourth-order valence-electron chi connectivity index (χ4n) is 3.84. The lowest BCUT2D eigenvalue weighted by Crippen LogP contribution is -2.54. The maximum absolute atomic E-state index is 12.9. The Morgan fingerprint density at radius 2 is 1.57 bits per heavy atom. The Hall–Kier alpha value is -3.92. The smallest absolute Gasteiger partial charge is 0.326 e. The van der Waals surface area contributed by atoms with E-state index in [4.69, 9.17) is 0 Å². The van der Waals surface area contributed by atoms with E-state index in [-0.39, 0.29) is 30.5 Å². The Labute approximate surface area is 203 Å². The number of rotatable bonds is 11. The van der Waals surface area contributed by atoms with Crippen molar-refractivity contribution in [2.24, 2.45) is 0 Å². The van der Waals surface area contributed by atoms with Crippen LogP contribution in [-0.2, 0) is 32.0 Å². The van der Waals surface area contributed by atoms with Crippen LogP contribution in [0.4, 0.5) is 0 Å². The van der Waals surface area contributed by atoms with Gasteiger partial charge in [0.25, 0.3) is 0 Å². The van der Waals surface area contributed by atoms with Crippen LogP contribution in [0.1, 0.15) is 24.0 Å². The molecular weight excluding hydrogens is 452 g/mol. The predicted molar refractivity (Wildman–Crippen MR) is 127 cm³/mol. The van der Waals surface area contributed by atoms with Crippen LogP contribution in [0.3, 0.4) is 0 Å². The second-order valence-electron chi connectivity index (χ2n) is 8.45. The molecule has 6 N–H and O–H groups in total. The van der Waals surface area contributed by atoms with Gasteiger partial charge in [0.2, 0.25) is 17.7 Å². The highest BCUT2D eigenvalue weighted by atomic mass is 16.4. The highest BCUT2D eigenvalue weighted by molar-refractivity contribution is 5.93. The maximum Gasteiger partial charge on any atom is 0.326 e. The van der Waals surface area contributed by atoms with Crippen LogP contribution in [0.25, 0.3) is 0 Å². The number of aliphatic carboxylic acids is 1. The van der Waals surface area contributed by atoms with Gasteiger partial charge in [-0.15, -0.1) is 0 Å². The minimum Gasteiger partial charge on any atom is -0.508 e. The van der Waals surface area contributed by atoms with Gasteiger partial charge in [-0.25, -0.2) is 4.79 Å². The van der Waals surface area contributed by atoms with Gasteiger partial charge in [-0.1, -0.05) is 42.5 Å². The van der Waals surface area contributed by atoms with Crippen LogP contribution in [0.2, 0.25) is 0 Å². The van der Waals surface area contributed by atoms with Gasteiger partial charge in [0.15, 0.2) is 0 Å². The number of hydrogen-bond donors (Lipinski definition) is 6. The highest BCUT2D eigenvalue weighted by Gasteiger charge is 2.28. The number of aromatic hydroxyl groups is 1. The first-order chi connectivity index (χ1) is 16.8. The summed E-state index contributed by atoms with van der Waals surface area (Å²) >= 11 is 0. The Kier molecular flexibility index (Phi) is 9.19. The summed E-state index contributed by atoms with van der Waals surface area (Å²) in [4.78, 5) is 49.5. The molecule has 0 radical (unpaired) electrons. The monoisotopic (exact) mass is 482 g/mol. The molecule has 2 aromatic carbocycles. The van der Waals surface area contributed by atoms with E-state index >= 15 is 0 Å². The van der Waals surface area contributed by atoms with Crippen molar-refractivity contribution in [2.75, 3.05) is 13.1 Å². The second-order valence-corrected chi connectivity index (χ2v) is 8.45. The first kappa shape index (κ1) is 25.7. The van der Waals surface area contributed by atoms with Crippen molar-refractivity contribution >= 4 is 23.7 Å². The molecule has 10 nitrogen and oxygen atoms in total. The Morgan fingerprint density at radius 3 is 2.20 bits per heavy atom. The molecule has 0 spiro atoms. The van der Waals surface area contributed by atoms with Crippen LogP contribution < -0.4 is 21.3 Å². The normalized spacial score (nSPS) is 16.6. The van der Waals surface area contributed by atoms with E-state index in [0.29, 0.717) is 12.0 Å². The first-order valence-electron chi connectivity index (χ1n) is 11.5. The third-order valence-corrected chi connectivity index (χ3v) is 5.73. The van der Waals surface area contributed by atoms with E-state index in [1.807, 2.05) is 6.07 Å². The van der Waals surface area contributed by atoms with E-state index in [2.05, 4.69) is 21.3 Å². The molecule has 1 saturated heterocycles. The molecule has 3 unspecified atom stereocenters.